The van der Waals surface area contributed by atoms with Gasteiger partial charge in [0.25, 0.3) is 0 Å². The van der Waals surface area contributed by atoms with Gasteiger partial charge in [0.15, 0.2) is 0 Å². The van der Waals surface area contributed by atoms with Crippen LogP contribution < -0.4 is 9.64 Å². The highest BCUT2D eigenvalue weighted by Gasteiger charge is 2.21. The van der Waals surface area contributed by atoms with E-state index in [1.165, 1.54) is 25.8 Å². The van der Waals surface area contributed by atoms with Gasteiger partial charge in [-0.3, -0.25) is 4.79 Å². The summed E-state index contributed by atoms with van der Waals surface area (Å²) < 4.78 is 5.85. The smallest absolute Gasteiger partial charge is 0.227 e. The molecule has 4 nitrogen and oxygen atoms in total. The van der Waals surface area contributed by atoms with Gasteiger partial charge in [0.2, 0.25) is 5.91 Å². The van der Waals surface area contributed by atoms with Crippen molar-refractivity contribution in [1.29, 1.82) is 0 Å². The standard InChI is InChI=1S/C19H28N2O2/c1-16-6-2-3-12-20(16)13-5-15-23-18-10-8-17(9-11-18)21-14-4-7-19(21)22/h8-11,16H,2-7,12-15H2,1H3/t16-/m1/s1. The Morgan fingerprint density at radius 1 is 1.13 bits per heavy atom. The van der Waals surface area contributed by atoms with Gasteiger partial charge >= 0.3 is 0 Å². The maximum absolute atomic E-state index is 11.7. The van der Waals surface area contributed by atoms with Crippen molar-refractivity contribution >= 4 is 11.6 Å². The van der Waals surface area contributed by atoms with E-state index in [2.05, 4.69) is 11.8 Å². The zero-order chi connectivity index (χ0) is 16.1. The average molecular weight is 316 g/mol. The van der Waals surface area contributed by atoms with Gasteiger partial charge in [0.1, 0.15) is 5.75 Å². The zero-order valence-corrected chi connectivity index (χ0v) is 14.2. The van der Waals surface area contributed by atoms with E-state index in [4.69, 9.17) is 4.74 Å². The third-order valence-corrected chi connectivity index (χ3v) is 5.02. The summed E-state index contributed by atoms with van der Waals surface area (Å²) in [6.45, 7) is 6.29. The van der Waals surface area contributed by atoms with Crippen LogP contribution >= 0.6 is 0 Å². The lowest BCUT2D eigenvalue weighted by molar-refractivity contribution is -0.117. The molecule has 23 heavy (non-hydrogen) atoms. The van der Waals surface area contributed by atoms with Gasteiger partial charge in [-0.05, 0) is 63.4 Å². The highest BCUT2D eigenvalue weighted by molar-refractivity contribution is 5.95. The van der Waals surface area contributed by atoms with Crippen molar-refractivity contribution in [3.63, 3.8) is 0 Å². The van der Waals surface area contributed by atoms with Gasteiger partial charge in [-0.2, -0.15) is 0 Å². The molecular weight excluding hydrogens is 288 g/mol. The van der Waals surface area contributed by atoms with Gasteiger partial charge in [-0.1, -0.05) is 6.42 Å². The van der Waals surface area contributed by atoms with Crippen LogP contribution in [0, 0.1) is 0 Å². The van der Waals surface area contributed by atoms with Gasteiger partial charge < -0.3 is 14.5 Å². The van der Waals surface area contributed by atoms with Crippen molar-refractivity contribution in [2.24, 2.45) is 0 Å². The second-order valence-electron chi connectivity index (χ2n) is 6.73. The largest absolute Gasteiger partial charge is 0.494 e. The van der Waals surface area contributed by atoms with Crippen molar-refractivity contribution in [3.05, 3.63) is 24.3 Å². The van der Waals surface area contributed by atoms with Gasteiger partial charge in [-0.15, -0.1) is 0 Å². The Labute approximate surface area is 139 Å². The molecule has 0 radical (unpaired) electrons. The number of amides is 1. The number of nitrogens with zero attached hydrogens (tertiary/aromatic N) is 2. The summed E-state index contributed by atoms with van der Waals surface area (Å²) in [5.41, 5.74) is 0.988. The van der Waals surface area contributed by atoms with Crippen LogP contribution in [0.25, 0.3) is 0 Å². The summed E-state index contributed by atoms with van der Waals surface area (Å²) in [6.07, 6.45) is 6.75. The van der Waals surface area contributed by atoms with Crippen LogP contribution in [-0.4, -0.2) is 43.1 Å². The summed E-state index contributed by atoms with van der Waals surface area (Å²) in [5.74, 6) is 1.13. The number of anilines is 1. The molecule has 2 heterocycles. The van der Waals surface area contributed by atoms with E-state index in [1.54, 1.807) is 0 Å². The lowest BCUT2D eigenvalue weighted by Gasteiger charge is -2.33. The fourth-order valence-electron chi connectivity index (χ4n) is 3.59. The Kier molecular flexibility index (Phi) is 5.55. The number of benzene rings is 1. The van der Waals surface area contributed by atoms with E-state index in [-0.39, 0.29) is 5.91 Å². The van der Waals surface area contributed by atoms with Crippen molar-refractivity contribution in [1.82, 2.24) is 4.90 Å². The second kappa shape index (κ2) is 7.82. The minimum absolute atomic E-state index is 0.231. The monoisotopic (exact) mass is 316 g/mol. The van der Waals surface area contributed by atoms with E-state index in [9.17, 15) is 4.79 Å². The van der Waals surface area contributed by atoms with E-state index in [0.29, 0.717) is 6.42 Å². The quantitative estimate of drug-likeness (QED) is 0.754. The molecule has 0 N–H and O–H groups in total. The topological polar surface area (TPSA) is 32.8 Å². The zero-order valence-electron chi connectivity index (χ0n) is 14.2. The molecule has 0 spiro atoms. The summed E-state index contributed by atoms with van der Waals surface area (Å²) >= 11 is 0. The number of rotatable bonds is 6. The number of carbonyl (C=O) groups is 1. The van der Waals surface area contributed by atoms with E-state index >= 15 is 0 Å². The van der Waals surface area contributed by atoms with Crippen LogP contribution in [0.3, 0.4) is 0 Å². The fourth-order valence-corrected chi connectivity index (χ4v) is 3.59. The molecule has 1 atom stereocenters. The van der Waals surface area contributed by atoms with Crippen LogP contribution in [0.5, 0.6) is 5.75 Å². The predicted octanol–water partition coefficient (Wildman–Crippen LogP) is 3.46. The molecule has 3 rings (SSSR count). The number of hydrogen-bond donors (Lipinski definition) is 0. The highest BCUT2D eigenvalue weighted by Crippen LogP contribution is 2.24. The minimum Gasteiger partial charge on any atom is -0.494 e. The number of piperidine rings is 1. The Morgan fingerprint density at radius 3 is 2.65 bits per heavy atom. The summed E-state index contributed by atoms with van der Waals surface area (Å²) in [6, 6.07) is 8.66. The molecule has 1 aromatic carbocycles. The molecule has 2 saturated heterocycles. The molecule has 0 bridgehead atoms. The Morgan fingerprint density at radius 2 is 1.96 bits per heavy atom. The Balaban J connectivity index is 1.41. The maximum atomic E-state index is 11.7. The number of ether oxygens (including phenoxy) is 1. The SMILES string of the molecule is C[C@@H]1CCCCN1CCCOc1ccc(N2CCCC2=O)cc1. The predicted molar refractivity (Wildman–Crippen MR) is 93.0 cm³/mol. The summed E-state index contributed by atoms with van der Waals surface area (Å²) in [5, 5.41) is 0. The molecule has 2 fully saturated rings. The van der Waals surface area contributed by atoms with Crippen molar-refractivity contribution < 1.29 is 9.53 Å². The molecule has 0 unspecified atom stereocenters. The molecular formula is C19H28N2O2. The molecule has 1 amide bonds. The highest BCUT2D eigenvalue weighted by atomic mass is 16.5. The molecule has 0 aromatic heterocycles. The maximum Gasteiger partial charge on any atom is 0.227 e. The fraction of sp³-hybridized carbons (Fsp3) is 0.632. The first-order valence-electron chi connectivity index (χ1n) is 9.01. The molecule has 4 heteroatoms. The van der Waals surface area contributed by atoms with E-state index in [1.807, 2.05) is 29.2 Å². The van der Waals surface area contributed by atoms with Crippen molar-refractivity contribution in [2.75, 3.05) is 31.1 Å². The summed E-state index contributed by atoms with van der Waals surface area (Å²) in [7, 11) is 0. The van der Waals surface area contributed by atoms with Crippen molar-refractivity contribution in [3.8, 4) is 5.75 Å². The van der Waals surface area contributed by atoms with Crippen LogP contribution in [0.2, 0.25) is 0 Å². The molecule has 2 aliphatic heterocycles. The molecule has 1 aromatic rings. The van der Waals surface area contributed by atoms with Crippen molar-refractivity contribution in [2.45, 2.75) is 51.5 Å². The number of hydrogen-bond acceptors (Lipinski definition) is 3. The first kappa shape index (κ1) is 16.3. The van der Waals surface area contributed by atoms with Crippen LogP contribution in [-0.2, 0) is 4.79 Å². The Hall–Kier alpha value is -1.55. The minimum atomic E-state index is 0.231. The molecule has 126 valence electrons. The third kappa shape index (κ3) is 4.25. The van der Waals surface area contributed by atoms with E-state index in [0.717, 1.165) is 50.0 Å². The lowest BCUT2D eigenvalue weighted by Crippen LogP contribution is -2.38. The molecule has 2 aliphatic rings. The summed E-state index contributed by atoms with van der Waals surface area (Å²) in [4.78, 5) is 16.2. The van der Waals surface area contributed by atoms with Crippen LogP contribution in [0.15, 0.2) is 24.3 Å². The number of likely N-dealkylation sites (tertiary alicyclic amines) is 1. The van der Waals surface area contributed by atoms with E-state index < -0.39 is 0 Å². The molecule has 0 saturated carbocycles. The molecule has 0 aliphatic carbocycles. The van der Waals surface area contributed by atoms with Gasteiger partial charge in [0, 0.05) is 31.2 Å². The first-order chi connectivity index (χ1) is 11.2. The Bertz CT molecular complexity index is 515. The van der Waals surface area contributed by atoms with Gasteiger partial charge in [0.05, 0.1) is 6.61 Å². The van der Waals surface area contributed by atoms with Crippen LogP contribution in [0.1, 0.15) is 45.4 Å². The average Bonchev–Trinajstić information content (AvgIpc) is 3.00. The normalized spacial score (nSPS) is 22.6. The number of carbonyl (C=O) groups excluding carboxylic acids is 1. The van der Waals surface area contributed by atoms with Gasteiger partial charge in [-0.25, -0.2) is 0 Å². The first-order valence-corrected chi connectivity index (χ1v) is 9.01. The lowest BCUT2D eigenvalue weighted by atomic mass is 10.0. The second-order valence-corrected chi connectivity index (χ2v) is 6.73. The van der Waals surface area contributed by atoms with Crippen LogP contribution in [0.4, 0.5) is 5.69 Å². The third-order valence-electron chi connectivity index (χ3n) is 5.02.